The van der Waals surface area contributed by atoms with Gasteiger partial charge in [-0.2, -0.15) is 21.6 Å². The van der Waals surface area contributed by atoms with E-state index in [0.29, 0.717) is 5.56 Å². The van der Waals surface area contributed by atoms with Crippen molar-refractivity contribution in [3.05, 3.63) is 35.4 Å². The zero-order valence-corrected chi connectivity index (χ0v) is 12.8. The molecule has 0 aliphatic carbocycles. The maximum absolute atomic E-state index is 12.5. The highest BCUT2D eigenvalue weighted by Gasteiger charge is 2.32. The van der Waals surface area contributed by atoms with Gasteiger partial charge < -0.3 is 0 Å². The Balaban J connectivity index is 2.89. The molecule has 120 valence electrons. The van der Waals surface area contributed by atoms with Crippen LogP contribution in [0.3, 0.4) is 0 Å². The van der Waals surface area contributed by atoms with Crippen LogP contribution in [0.1, 0.15) is 37.8 Å². The number of rotatable bonds is 5. The second-order valence-electron chi connectivity index (χ2n) is 5.59. The first kappa shape index (κ1) is 17.9. The highest BCUT2D eigenvalue weighted by molar-refractivity contribution is 7.84. The van der Waals surface area contributed by atoms with Gasteiger partial charge in [0.15, 0.2) is 0 Å². The lowest BCUT2D eigenvalue weighted by molar-refractivity contribution is -0.137. The Morgan fingerprint density at radius 2 is 1.67 bits per heavy atom. The molecule has 0 radical (unpaired) electrons. The molecular weight excluding hydrogens is 307 g/mol. The fourth-order valence-electron chi connectivity index (χ4n) is 1.77. The molecule has 0 bridgehead atoms. The van der Waals surface area contributed by atoms with Crippen LogP contribution >= 0.6 is 0 Å². The third-order valence-electron chi connectivity index (χ3n) is 3.51. The van der Waals surface area contributed by atoms with E-state index in [9.17, 15) is 21.6 Å². The Kier molecular flexibility index (Phi) is 5.07. The van der Waals surface area contributed by atoms with Gasteiger partial charge in [-0.05, 0) is 29.0 Å². The van der Waals surface area contributed by atoms with Crippen LogP contribution in [0, 0.1) is 5.41 Å². The number of nitrogens with two attached hydrogens (primary N) is 1. The second-order valence-corrected chi connectivity index (χ2v) is 6.81. The van der Waals surface area contributed by atoms with Gasteiger partial charge in [-0.15, -0.1) is 0 Å². The molecule has 0 aliphatic heterocycles. The molecule has 0 saturated carbocycles. The van der Waals surface area contributed by atoms with Crippen molar-refractivity contribution in [1.29, 1.82) is 0 Å². The van der Waals surface area contributed by atoms with Gasteiger partial charge in [-0.25, -0.2) is 5.14 Å². The maximum Gasteiger partial charge on any atom is 0.416 e. The predicted molar refractivity (Wildman–Crippen MR) is 72.7 cm³/mol. The van der Waals surface area contributed by atoms with Crippen molar-refractivity contribution < 1.29 is 25.8 Å². The lowest BCUT2D eigenvalue weighted by Gasteiger charge is -2.31. The zero-order chi connectivity index (χ0) is 16.5. The number of alkyl halides is 3. The summed E-state index contributed by atoms with van der Waals surface area (Å²) >= 11 is 0. The normalized spacial score (nSPS) is 15.0. The van der Waals surface area contributed by atoms with E-state index in [2.05, 4.69) is 4.18 Å². The summed E-state index contributed by atoms with van der Waals surface area (Å²) in [5.41, 5.74) is -0.685. The molecule has 1 aromatic carbocycles. The molecule has 0 amide bonds. The monoisotopic (exact) mass is 325 g/mol. The van der Waals surface area contributed by atoms with E-state index in [1.807, 2.05) is 0 Å². The first-order valence-electron chi connectivity index (χ1n) is 6.17. The average Bonchev–Trinajstić information content (AvgIpc) is 2.34. The summed E-state index contributed by atoms with van der Waals surface area (Å²) in [6.07, 6.45) is -4.38. The van der Waals surface area contributed by atoms with Gasteiger partial charge in [0.05, 0.1) is 12.2 Å². The maximum atomic E-state index is 12.5. The van der Waals surface area contributed by atoms with Crippen LogP contribution in [-0.4, -0.2) is 15.0 Å². The number of hydrogen-bond acceptors (Lipinski definition) is 3. The third kappa shape index (κ3) is 5.29. The Morgan fingerprint density at radius 3 is 2.05 bits per heavy atom. The minimum atomic E-state index is -4.38. The largest absolute Gasteiger partial charge is 0.416 e. The summed E-state index contributed by atoms with van der Waals surface area (Å²) in [4.78, 5) is 0. The van der Waals surface area contributed by atoms with Crippen LogP contribution in [0.25, 0.3) is 0 Å². The quantitative estimate of drug-likeness (QED) is 0.904. The van der Waals surface area contributed by atoms with E-state index in [1.54, 1.807) is 20.8 Å². The van der Waals surface area contributed by atoms with Crippen molar-refractivity contribution in [2.24, 2.45) is 10.6 Å². The summed E-state index contributed by atoms with van der Waals surface area (Å²) in [7, 11) is -4.05. The molecule has 1 atom stereocenters. The molecule has 2 N–H and O–H groups in total. The smallest absolute Gasteiger partial charge is 0.258 e. The Bertz CT molecular complexity index is 580. The topological polar surface area (TPSA) is 69.4 Å². The summed E-state index contributed by atoms with van der Waals surface area (Å²) in [6.45, 7) is 5.13. The Hall–Kier alpha value is -1.12. The summed E-state index contributed by atoms with van der Waals surface area (Å²) < 4.78 is 63.7. The molecule has 0 saturated heterocycles. The molecule has 0 fully saturated rings. The van der Waals surface area contributed by atoms with Gasteiger partial charge in [-0.3, -0.25) is 4.18 Å². The molecule has 0 aliphatic rings. The first-order chi connectivity index (χ1) is 9.33. The molecule has 4 nitrogen and oxygen atoms in total. The molecule has 1 aromatic rings. The standard InChI is InChI=1S/C13H18F3NO3S/c1-9(12(2,3)8-20-21(17,18)19)10-4-6-11(7-5-10)13(14,15)16/h4-7,9H,8H2,1-3H3,(H2,17,18,19). The van der Waals surface area contributed by atoms with Crippen molar-refractivity contribution in [3.63, 3.8) is 0 Å². The highest BCUT2D eigenvalue weighted by Crippen LogP contribution is 2.37. The number of benzene rings is 1. The van der Waals surface area contributed by atoms with E-state index in [0.717, 1.165) is 12.1 Å². The van der Waals surface area contributed by atoms with Crippen molar-refractivity contribution in [2.45, 2.75) is 32.9 Å². The van der Waals surface area contributed by atoms with Gasteiger partial charge in [0.25, 0.3) is 0 Å². The minimum absolute atomic E-state index is 0.159. The molecule has 8 heteroatoms. The first-order valence-corrected chi connectivity index (χ1v) is 7.64. The zero-order valence-electron chi connectivity index (χ0n) is 11.9. The molecule has 0 heterocycles. The van der Waals surface area contributed by atoms with E-state index >= 15 is 0 Å². The number of hydrogen-bond donors (Lipinski definition) is 1. The van der Waals surface area contributed by atoms with Crippen LogP contribution in [0.15, 0.2) is 24.3 Å². The summed E-state index contributed by atoms with van der Waals surface area (Å²) in [6, 6.07) is 4.77. The third-order valence-corrected chi connectivity index (χ3v) is 3.95. The molecule has 1 unspecified atom stereocenters. The van der Waals surface area contributed by atoms with E-state index < -0.39 is 27.5 Å². The van der Waals surface area contributed by atoms with Crippen LogP contribution in [0.4, 0.5) is 13.2 Å². The SMILES string of the molecule is CC(c1ccc(C(F)(F)F)cc1)C(C)(C)COS(N)(=O)=O. The van der Waals surface area contributed by atoms with Crippen LogP contribution in [-0.2, 0) is 20.7 Å². The van der Waals surface area contributed by atoms with Crippen molar-refractivity contribution in [1.82, 2.24) is 0 Å². The molecule has 0 aromatic heterocycles. The summed E-state index contributed by atoms with van der Waals surface area (Å²) in [5, 5.41) is 4.77. The van der Waals surface area contributed by atoms with Crippen molar-refractivity contribution in [3.8, 4) is 0 Å². The van der Waals surface area contributed by atoms with Gasteiger partial charge >= 0.3 is 16.5 Å². The van der Waals surface area contributed by atoms with Gasteiger partial charge in [0.1, 0.15) is 0 Å². The molecule has 1 rings (SSSR count). The van der Waals surface area contributed by atoms with Gasteiger partial charge in [0.2, 0.25) is 0 Å². The van der Waals surface area contributed by atoms with E-state index in [4.69, 9.17) is 5.14 Å². The Morgan fingerprint density at radius 1 is 1.19 bits per heavy atom. The summed E-state index contributed by atoms with van der Waals surface area (Å²) in [5.74, 6) is -0.221. The molecular formula is C13H18F3NO3S. The van der Waals surface area contributed by atoms with Crippen LogP contribution < -0.4 is 5.14 Å². The molecule has 0 spiro atoms. The average molecular weight is 325 g/mol. The van der Waals surface area contributed by atoms with Gasteiger partial charge in [-0.1, -0.05) is 32.9 Å². The molecule has 21 heavy (non-hydrogen) atoms. The van der Waals surface area contributed by atoms with Crippen molar-refractivity contribution >= 4 is 10.3 Å². The highest BCUT2D eigenvalue weighted by atomic mass is 32.2. The van der Waals surface area contributed by atoms with E-state index in [1.165, 1.54) is 12.1 Å². The minimum Gasteiger partial charge on any atom is -0.258 e. The van der Waals surface area contributed by atoms with Crippen molar-refractivity contribution in [2.75, 3.05) is 6.61 Å². The fourth-order valence-corrected chi connectivity index (χ4v) is 2.24. The number of halogens is 3. The van der Waals surface area contributed by atoms with Crippen LogP contribution in [0.5, 0.6) is 0 Å². The second kappa shape index (κ2) is 5.94. The Labute approximate surface area is 122 Å². The van der Waals surface area contributed by atoms with Crippen LogP contribution in [0.2, 0.25) is 0 Å². The predicted octanol–water partition coefficient (Wildman–Crippen LogP) is 3.06. The van der Waals surface area contributed by atoms with E-state index in [-0.39, 0.29) is 12.5 Å². The van der Waals surface area contributed by atoms with Gasteiger partial charge in [0, 0.05) is 0 Å². The lowest BCUT2D eigenvalue weighted by atomic mass is 9.76. The lowest BCUT2D eigenvalue weighted by Crippen LogP contribution is -2.29. The fraction of sp³-hybridized carbons (Fsp3) is 0.538.